The van der Waals surface area contributed by atoms with Gasteiger partial charge in [0, 0.05) is 35.2 Å². The van der Waals surface area contributed by atoms with E-state index in [2.05, 4.69) is 22.9 Å². The average Bonchev–Trinajstić information content (AvgIpc) is 2.58. The molecule has 0 unspecified atom stereocenters. The topological polar surface area (TPSA) is 17.0 Å². The van der Waals surface area contributed by atoms with Crippen molar-refractivity contribution in [3.05, 3.63) is 33.9 Å². The Hall–Kier alpha value is -0.700. The fraction of sp³-hybridized carbons (Fsp3) is 0.333. The van der Waals surface area contributed by atoms with Crippen molar-refractivity contribution in [2.75, 3.05) is 6.54 Å². The molecule has 0 aliphatic carbocycles. The van der Waals surface area contributed by atoms with Gasteiger partial charge >= 0.3 is 0 Å². The quantitative estimate of drug-likeness (QED) is 0.760. The van der Waals surface area contributed by atoms with Crippen molar-refractivity contribution in [3.63, 3.8) is 0 Å². The summed E-state index contributed by atoms with van der Waals surface area (Å²) in [6, 6.07) is 6.39. The van der Waals surface area contributed by atoms with Crippen LogP contribution in [0.15, 0.2) is 18.2 Å². The van der Waals surface area contributed by atoms with Crippen molar-refractivity contribution >= 4 is 34.1 Å². The van der Waals surface area contributed by atoms with Crippen LogP contribution in [0.2, 0.25) is 10.0 Å². The molecule has 0 saturated carbocycles. The van der Waals surface area contributed by atoms with Gasteiger partial charge in [0.1, 0.15) is 0 Å². The van der Waals surface area contributed by atoms with Crippen LogP contribution in [0.25, 0.3) is 10.9 Å². The molecule has 2 aromatic rings. The van der Waals surface area contributed by atoms with Crippen LogP contribution in [-0.4, -0.2) is 11.1 Å². The Bertz CT molecular complexity index is 560. The first-order chi connectivity index (χ1) is 7.66. The highest BCUT2D eigenvalue weighted by molar-refractivity contribution is 6.38. The summed E-state index contributed by atoms with van der Waals surface area (Å²) in [4.78, 5) is 0. The molecule has 2 nitrogen and oxygen atoms in total. The Balaban J connectivity index is 2.38. The number of aromatic nitrogens is 1. The van der Waals surface area contributed by atoms with E-state index in [4.69, 9.17) is 23.2 Å². The third kappa shape index (κ3) is 1.45. The highest BCUT2D eigenvalue weighted by Crippen LogP contribution is 2.33. The molecule has 3 rings (SSSR count). The molecule has 0 fully saturated rings. The molecule has 0 amide bonds. The van der Waals surface area contributed by atoms with E-state index in [-0.39, 0.29) is 0 Å². The molecule has 0 bridgehead atoms. The summed E-state index contributed by atoms with van der Waals surface area (Å²) in [5.74, 6) is 0. The molecule has 4 heteroatoms. The lowest BCUT2D eigenvalue weighted by Gasteiger charge is -2.24. The summed E-state index contributed by atoms with van der Waals surface area (Å²) < 4.78 is 2.32. The minimum atomic E-state index is 0.441. The second-order valence-corrected chi connectivity index (χ2v) is 5.15. The smallest absolute Gasteiger partial charge is 0.0515 e. The zero-order valence-electron chi connectivity index (χ0n) is 8.93. The normalized spacial score (nSPS) is 20.1. The number of nitrogens with zero attached hydrogens (tertiary/aromatic N) is 1. The number of halogens is 2. The van der Waals surface area contributed by atoms with Crippen molar-refractivity contribution in [1.29, 1.82) is 0 Å². The third-order valence-electron chi connectivity index (χ3n) is 3.14. The maximum absolute atomic E-state index is 6.21. The van der Waals surface area contributed by atoms with Gasteiger partial charge in [-0.15, -0.1) is 0 Å². The van der Waals surface area contributed by atoms with Crippen LogP contribution in [0.4, 0.5) is 0 Å². The van der Waals surface area contributed by atoms with E-state index in [1.54, 1.807) is 6.07 Å². The van der Waals surface area contributed by atoms with Gasteiger partial charge in [0.05, 0.1) is 10.5 Å². The summed E-state index contributed by atoms with van der Waals surface area (Å²) in [7, 11) is 0. The van der Waals surface area contributed by atoms with E-state index in [0.717, 1.165) is 29.0 Å². The predicted molar refractivity (Wildman–Crippen MR) is 68.4 cm³/mol. The molecule has 1 atom stereocenters. The van der Waals surface area contributed by atoms with E-state index < -0.39 is 0 Å². The van der Waals surface area contributed by atoms with E-state index in [1.807, 2.05) is 6.07 Å². The summed E-state index contributed by atoms with van der Waals surface area (Å²) in [5, 5.41) is 5.91. The Kier molecular flexibility index (Phi) is 2.39. The monoisotopic (exact) mass is 254 g/mol. The number of hydrogen-bond acceptors (Lipinski definition) is 1. The second kappa shape index (κ2) is 3.66. The maximum Gasteiger partial charge on any atom is 0.0515 e. The van der Waals surface area contributed by atoms with E-state index in [1.165, 1.54) is 5.69 Å². The minimum Gasteiger partial charge on any atom is -0.339 e. The number of hydrogen-bond donors (Lipinski definition) is 1. The number of benzene rings is 1. The van der Waals surface area contributed by atoms with Gasteiger partial charge < -0.3 is 9.88 Å². The number of fused-ring (bicyclic) bond motifs is 3. The Morgan fingerprint density at radius 3 is 2.94 bits per heavy atom. The zero-order chi connectivity index (χ0) is 11.3. The Morgan fingerprint density at radius 1 is 1.31 bits per heavy atom. The van der Waals surface area contributed by atoms with Crippen LogP contribution < -0.4 is 5.32 Å². The van der Waals surface area contributed by atoms with Crippen LogP contribution in [0, 0.1) is 0 Å². The van der Waals surface area contributed by atoms with Gasteiger partial charge in [0.2, 0.25) is 0 Å². The van der Waals surface area contributed by atoms with Crippen molar-refractivity contribution in [3.8, 4) is 0 Å². The summed E-state index contributed by atoms with van der Waals surface area (Å²) in [6.45, 7) is 4.08. The number of rotatable bonds is 0. The van der Waals surface area contributed by atoms with Crippen LogP contribution in [0.5, 0.6) is 0 Å². The Labute approximate surface area is 104 Å². The van der Waals surface area contributed by atoms with Gasteiger partial charge in [-0.05, 0) is 25.1 Å². The molecule has 0 saturated heterocycles. The first-order valence-corrected chi connectivity index (χ1v) is 6.12. The number of nitrogens with one attached hydrogen (secondary N) is 1. The molecule has 84 valence electrons. The molecule has 1 aliphatic heterocycles. The van der Waals surface area contributed by atoms with Crippen molar-refractivity contribution in [2.45, 2.75) is 19.5 Å². The molecule has 1 aliphatic rings. The lowest BCUT2D eigenvalue weighted by molar-refractivity contribution is 0.439. The largest absolute Gasteiger partial charge is 0.339 e. The first kappa shape index (κ1) is 10.5. The van der Waals surface area contributed by atoms with E-state index >= 15 is 0 Å². The van der Waals surface area contributed by atoms with Gasteiger partial charge in [0.25, 0.3) is 0 Å². The standard InChI is InChI=1S/C12H12Cl2N2/c1-7-5-15-6-9-4-10-11(14)2-8(13)3-12(10)16(7)9/h2-4,7,15H,5-6H2,1H3/t7-/m1/s1. The first-order valence-electron chi connectivity index (χ1n) is 5.36. The molecule has 2 heterocycles. The van der Waals surface area contributed by atoms with Crippen molar-refractivity contribution < 1.29 is 0 Å². The predicted octanol–water partition coefficient (Wildman–Crippen LogP) is 3.61. The average molecular weight is 255 g/mol. The Morgan fingerprint density at radius 2 is 2.12 bits per heavy atom. The lowest BCUT2D eigenvalue weighted by Crippen LogP contribution is -2.30. The minimum absolute atomic E-state index is 0.441. The van der Waals surface area contributed by atoms with Crippen molar-refractivity contribution in [2.24, 2.45) is 0 Å². The molecule has 0 radical (unpaired) electrons. The summed E-state index contributed by atoms with van der Waals surface area (Å²) >= 11 is 12.3. The van der Waals surface area contributed by atoms with Crippen LogP contribution >= 0.6 is 23.2 Å². The second-order valence-electron chi connectivity index (χ2n) is 4.31. The fourth-order valence-electron chi connectivity index (χ4n) is 2.46. The summed E-state index contributed by atoms with van der Waals surface area (Å²) in [5.41, 5.74) is 2.42. The van der Waals surface area contributed by atoms with Crippen LogP contribution in [0.3, 0.4) is 0 Å². The lowest BCUT2D eigenvalue weighted by atomic mass is 10.2. The highest BCUT2D eigenvalue weighted by Gasteiger charge is 2.19. The molecule has 0 spiro atoms. The molecule has 1 N–H and O–H groups in total. The molecule has 1 aromatic heterocycles. The van der Waals surface area contributed by atoms with Gasteiger partial charge in [-0.1, -0.05) is 23.2 Å². The van der Waals surface area contributed by atoms with Crippen molar-refractivity contribution in [1.82, 2.24) is 9.88 Å². The van der Waals surface area contributed by atoms with Gasteiger partial charge in [-0.2, -0.15) is 0 Å². The zero-order valence-corrected chi connectivity index (χ0v) is 10.4. The molecule has 1 aromatic carbocycles. The van der Waals surface area contributed by atoms with Gasteiger partial charge in [0.15, 0.2) is 0 Å². The van der Waals surface area contributed by atoms with Crippen LogP contribution in [-0.2, 0) is 6.54 Å². The van der Waals surface area contributed by atoms with E-state index in [9.17, 15) is 0 Å². The SMILES string of the molecule is C[C@@H]1CNCc2cc3c(Cl)cc(Cl)cc3n21. The third-order valence-corrected chi connectivity index (χ3v) is 3.67. The molecular formula is C12H12Cl2N2. The fourth-order valence-corrected chi connectivity index (χ4v) is 3.00. The molecule has 16 heavy (non-hydrogen) atoms. The van der Waals surface area contributed by atoms with Crippen LogP contribution in [0.1, 0.15) is 18.7 Å². The van der Waals surface area contributed by atoms with Gasteiger partial charge in [-0.25, -0.2) is 0 Å². The van der Waals surface area contributed by atoms with Gasteiger partial charge in [-0.3, -0.25) is 0 Å². The summed E-state index contributed by atoms with van der Waals surface area (Å²) in [6.07, 6.45) is 0. The molecular weight excluding hydrogens is 243 g/mol. The highest BCUT2D eigenvalue weighted by atomic mass is 35.5. The van der Waals surface area contributed by atoms with E-state index in [0.29, 0.717) is 11.1 Å². The maximum atomic E-state index is 6.21.